The van der Waals surface area contributed by atoms with Crippen LogP contribution in [0.2, 0.25) is 0 Å². The van der Waals surface area contributed by atoms with Crippen LogP contribution in [0.4, 0.5) is 0 Å². The first-order valence-electron chi connectivity index (χ1n) is 7.48. The topological polar surface area (TPSA) is 46.2 Å². The van der Waals surface area contributed by atoms with Crippen LogP contribution in [0.25, 0.3) is 0 Å². The van der Waals surface area contributed by atoms with E-state index in [2.05, 4.69) is 26.1 Å². The molecule has 2 rings (SSSR count). The molecule has 1 aliphatic rings. The van der Waals surface area contributed by atoms with Gasteiger partial charge in [-0.05, 0) is 30.9 Å². The predicted molar refractivity (Wildman–Crippen MR) is 82.5 cm³/mol. The number of fused-ring (bicyclic) bond motifs is 1. The number of benzene rings is 1. The highest BCUT2D eigenvalue weighted by Crippen LogP contribution is 2.33. The first-order valence-corrected chi connectivity index (χ1v) is 9.13. The first-order chi connectivity index (χ1) is 9.40. The average molecular weight is 295 g/mol. The summed E-state index contributed by atoms with van der Waals surface area (Å²) in [5.74, 6) is 0.927. The molecule has 4 heteroatoms. The van der Waals surface area contributed by atoms with Crippen molar-refractivity contribution in [3.05, 3.63) is 29.8 Å². The van der Waals surface area contributed by atoms with E-state index in [4.69, 9.17) is 0 Å². The maximum Gasteiger partial charge on any atom is 0.180 e. The van der Waals surface area contributed by atoms with Crippen molar-refractivity contribution in [1.82, 2.24) is 5.32 Å². The van der Waals surface area contributed by atoms with E-state index in [1.54, 1.807) is 12.1 Å². The molecule has 3 nitrogen and oxygen atoms in total. The van der Waals surface area contributed by atoms with Crippen molar-refractivity contribution in [3.63, 3.8) is 0 Å². The van der Waals surface area contributed by atoms with Gasteiger partial charge in [-0.25, -0.2) is 8.42 Å². The Morgan fingerprint density at radius 1 is 1.20 bits per heavy atom. The summed E-state index contributed by atoms with van der Waals surface area (Å²) >= 11 is 0. The van der Waals surface area contributed by atoms with Crippen LogP contribution in [0.3, 0.4) is 0 Å². The summed E-state index contributed by atoms with van der Waals surface area (Å²) in [5, 5.41) is 3.49. The van der Waals surface area contributed by atoms with Crippen molar-refractivity contribution in [2.75, 3.05) is 5.75 Å². The predicted octanol–water partition coefficient (Wildman–Crippen LogP) is 3.32. The second-order valence-electron chi connectivity index (χ2n) is 6.26. The summed E-state index contributed by atoms with van der Waals surface area (Å²) in [6.45, 7) is 6.61. The molecule has 0 saturated carbocycles. The lowest BCUT2D eigenvalue weighted by Gasteiger charge is -2.19. The Bertz CT molecular complexity index is 551. The second kappa shape index (κ2) is 6.27. The Balaban J connectivity index is 1.98. The van der Waals surface area contributed by atoms with Crippen LogP contribution < -0.4 is 5.32 Å². The van der Waals surface area contributed by atoms with Gasteiger partial charge in [0.05, 0.1) is 10.6 Å². The fraction of sp³-hybridized carbons (Fsp3) is 0.625. The van der Waals surface area contributed by atoms with Gasteiger partial charge in [0, 0.05) is 12.1 Å². The highest BCUT2D eigenvalue weighted by atomic mass is 32.2. The van der Waals surface area contributed by atoms with Crippen molar-refractivity contribution >= 4 is 9.84 Å². The molecule has 20 heavy (non-hydrogen) atoms. The fourth-order valence-corrected chi connectivity index (χ4v) is 4.60. The van der Waals surface area contributed by atoms with E-state index in [0.717, 1.165) is 17.9 Å². The molecule has 0 amide bonds. The molecule has 0 bridgehead atoms. The standard InChI is InChI=1S/C16H25NO2S/c1-12(2)7-6-8-13(3)17-15-11-20(18,19)16-10-5-4-9-14(15)16/h4-5,9-10,12-13,15,17H,6-8,11H2,1-3H3. The van der Waals surface area contributed by atoms with Crippen LogP contribution in [0.5, 0.6) is 0 Å². The monoisotopic (exact) mass is 295 g/mol. The number of hydrogen-bond donors (Lipinski definition) is 1. The summed E-state index contributed by atoms with van der Waals surface area (Å²) in [6, 6.07) is 7.65. The number of hydrogen-bond acceptors (Lipinski definition) is 3. The SMILES string of the molecule is CC(C)CCCC(C)NC1CS(=O)(=O)c2ccccc21. The van der Waals surface area contributed by atoms with Crippen LogP contribution >= 0.6 is 0 Å². The zero-order chi connectivity index (χ0) is 14.8. The highest BCUT2D eigenvalue weighted by Gasteiger charge is 2.34. The molecule has 0 radical (unpaired) electrons. The van der Waals surface area contributed by atoms with E-state index in [0.29, 0.717) is 10.9 Å². The molecule has 1 aromatic rings. The molecule has 112 valence electrons. The molecular weight excluding hydrogens is 270 g/mol. The van der Waals surface area contributed by atoms with Crippen molar-refractivity contribution in [2.45, 2.75) is 57.0 Å². The molecule has 1 aromatic carbocycles. The lowest BCUT2D eigenvalue weighted by molar-refractivity contribution is 0.426. The Labute approximate surface area is 122 Å². The average Bonchev–Trinajstić information content (AvgIpc) is 2.61. The van der Waals surface area contributed by atoms with Gasteiger partial charge >= 0.3 is 0 Å². The van der Waals surface area contributed by atoms with Gasteiger partial charge < -0.3 is 5.32 Å². The summed E-state index contributed by atoms with van der Waals surface area (Å²) in [7, 11) is -3.10. The third kappa shape index (κ3) is 3.61. The molecule has 1 aliphatic heterocycles. The molecule has 0 aliphatic carbocycles. The van der Waals surface area contributed by atoms with Crippen LogP contribution in [0.15, 0.2) is 29.2 Å². The number of sulfone groups is 1. The molecule has 1 heterocycles. The Hall–Kier alpha value is -0.870. The summed E-state index contributed by atoms with van der Waals surface area (Å²) in [4.78, 5) is 0.506. The van der Waals surface area contributed by atoms with Crippen molar-refractivity contribution in [2.24, 2.45) is 5.92 Å². The lowest BCUT2D eigenvalue weighted by Crippen LogP contribution is -2.31. The van der Waals surface area contributed by atoms with Gasteiger partial charge in [-0.3, -0.25) is 0 Å². The van der Waals surface area contributed by atoms with Crippen LogP contribution in [0, 0.1) is 5.92 Å². The minimum Gasteiger partial charge on any atom is -0.307 e. The maximum atomic E-state index is 12.1. The van der Waals surface area contributed by atoms with Crippen LogP contribution in [-0.2, 0) is 9.84 Å². The van der Waals surface area contributed by atoms with E-state index < -0.39 is 9.84 Å². The van der Waals surface area contributed by atoms with E-state index in [1.165, 1.54) is 12.8 Å². The van der Waals surface area contributed by atoms with Crippen molar-refractivity contribution in [1.29, 1.82) is 0 Å². The maximum absolute atomic E-state index is 12.1. The van der Waals surface area contributed by atoms with Crippen molar-refractivity contribution < 1.29 is 8.42 Å². The zero-order valence-electron chi connectivity index (χ0n) is 12.6. The van der Waals surface area contributed by atoms with Crippen LogP contribution in [-0.4, -0.2) is 20.2 Å². The van der Waals surface area contributed by atoms with Gasteiger partial charge in [0.25, 0.3) is 0 Å². The van der Waals surface area contributed by atoms with Gasteiger partial charge in [-0.2, -0.15) is 0 Å². The summed E-state index contributed by atoms with van der Waals surface area (Å²) in [6.07, 6.45) is 3.51. The molecule has 1 N–H and O–H groups in total. The van der Waals surface area contributed by atoms with Gasteiger partial charge in [0.15, 0.2) is 9.84 Å². The minimum atomic E-state index is -3.10. The highest BCUT2D eigenvalue weighted by molar-refractivity contribution is 7.91. The largest absolute Gasteiger partial charge is 0.307 e. The van der Waals surface area contributed by atoms with Crippen LogP contribution in [0.1, 0.15) is 51.6 Å². The first kappa shape index (κ1) is 15.5. The quantitative estimate of drug-likeness (QED) is 0.875. The fourth-order valence-electron chi connectivity index (χ4n) is 2.85. The Morgan fingerprint density at radius 3 is 2.60 bits per heavy atom. The second-order valence-corrected chi connectivity index (χ2v) is 8.27. The molecular formula is C16H25NO2S. The number of rotatable bonds is 6. The molecule has 0 saturated heterocycles. The minimum absolute atomic E-state index is 0.0507. The van der Waals surface area contributed by atoms with E-state index >= 15 is 0 Å². The van der Waals surface area contributed by atoms with E-state index in [1.807, 2.05) is 12.1 Å². The third-order valence-electron chi connectivity index (χ3n) is 3.92. The third-order valence-corrected chi connectivity index (χ3v) is 5.73. The van der Waals surface area contributed by atoms with E-state index in [9.17, 15) is 8.42 Å². The van der Waals surface area contributed by atoms with Gasteiger partial charge in [0.1, 0.15) is 0 Å². The summed E-state index contributed by atoms with van der Waals surface area (Å²) in [5.41, 5.74) is 0.934. The Morgan fingerprint density at radius 2 is 1.90 bits per heavy atom. The normalized spacial score (nSPS) is 21.9. The van der Waals surface area contributed by atoms with Crippen molar-refractivity contribution in [3.8, 4) is 0 Å². The van der Waals surface area contributed by atoms with Gasteiger partial charge in [-0.1, -0.05) is 44.9 Å². The molecule has 0 fully saturated rings. The van der Waals surface area contributed by atoms with E-state index in [-0.39, 0.29) is 11.8 Å². The smallest absolute Gasteiger partial charge is 0.180 e. The molecule has 0 aromatic heterocycles. The summed E-state index contributed by atoms with van der Waals surface area (Å²) < 4.78 is 24.2. The van der Waals surface area contributed by atoms with Gasteiger partial charge in [-0.15, -0.1) is 0 Å². The lowest BCUT2D eigenvalue weighted by atomic mass is 10.0. The van der Waals surface area contributed by atoms with Gasteiger partial charge in [0.2, 0.25) is 0 Å². The molecule has 2 atom stereocenters. The Kier molecular flexibility index (Phi) is 4.86. The number of nitrogens with one attached hydrogen (secondary N) is 1. The zero-order valence-corrected chi connectivity index (χ0v) is 13.4. The molecule has 0 spiro atoms. The molecule has 2 unspecified atom stereocenters.